The Morgan fingerprint density at radius 1 is 0.886 bits per heavy atom. The van der Waals surface area contributed by atoms with Gasteiger partial charge in [0.05, 0.1) is 23.9 Å². The molecule has 0 spiro atoms. The van der Waals surface area contributed by atoms with Crippen LogP contribution in [-0.2, 0) is 17.6 Å². The summed E-state index contributed by atoms with van der Waals surface area (Å²) in [5.41, 5.74) is 3.45. The lowest BCUT2D eigenvalue weighted by atomic mass is 9.83. The Kier molecular flexibility index (Phi) is 6.49. The molecule has 1 aromatic heterocycles. The lowest BCUT2D eigenvalue weighted by Gasteiger charge is -2.21. The molecule has 2 aliphatic rings. The number of nitrogens with one attached hydrogen (secondary N) is 2. The zero-order chi connectivity index (χ0) is 24.5. The van der Waals surface area contributed by atoms with E-state index in [1.807, 2.05) is 0 Å². The highest BCUT2D eigenvalue weighted by atomic mass is 32.1. The van der Waals surface area contributed by atoms with Gasteiger partial charge in [-0.05, 0) is 49.5 Å². The molecule has 0 bridgehead atoms. The lowest BCUT2D eigenvalue weighted by Crippen LogP contribution is -2.25. The largest absolute Gasteiger partial charge is 0.465 e. The van der Waals surface area contributed by atoms with Gasteiger partial charge in [-0.1, -0.05) is 49.2 Å². The monoisotopic (exact) mass is 504 g/mol. The molecule has 35 heavy (non-hydrogen) atoms. The number of thiocarbonyl (C=S) groups is 1. The normalized spacial score (nSPS) is 14.7. The number of anilines is 2. The van der Waals surface area contributed by atoms with Crippen molar-refractivity contribution in [1.82, 2.24) is 0 Å². The smallest absolute Gasteiger partial charge is 0.341 e. The molecule has 0 saturated heterocycles. The third kappa shape index (κ3) is 4.28. The summed E-state index contributed by atoms with van der Waals surface area (Å²) in [5, 5.41) is 7.13. The van der Waals surface area contributed by atoms with E-state index in [-0.39, 0.29) is 22.6 Å². The molecule has 1 heterocycles. The molecule has 0 unspecified atom stereocenters. The number of carbonyl (C=O) groups is 3. The first-order valence-corrected chi connectivity index (χ1v) is 12.8. The zero-order valence-electron chi connectivity index (χ0n) is 19.2. The Morgan fingerprint density at radius 3 is 2.31 bits per heavy atom. The van der Waals surface area contributed by atoms with Crippen LogP contribution in [0.5, 0.6) is 0 Å². The van der Waals surface area contributed by atoms with Crippen LogP contribution in [0.2, 0.25) is 0 Å². The quantitative estimate of drug-likeness (QED) is 0.270. The van der Waals surface area contributed by atoms with Crippen LogP contribution in [0.25, 0.3) is 0 Å². The SMILES string of the molecule is COC(=O)c1c(NC(=S)Nc2cccc3c2C(=O)c2ccccc2C3=O)sc2c1CCCCCC2. The van der Waals surface area contributed by atoms with E-state index in [0.29, 0.717) is 38.5 Å². The number of rotatable bonds is 3. The molecule has 0 saturated carbocycles. The maximum Gasteiger partial charge on any atom is 0.341 e. The zero-order valence-corrected chi connectivity index (χ0v) is 20.9. The number of aryl methyl sites for hydroxylation is 1. The van der Waals surface area contributed by atoms with E-state index >= 15 is 0 Å². The first-order valence-electron chi connectivity index (χ1n) is 11.6. The predicted molar refractivity (Wildman–Crippen MR) is 141 cm³/mol. The average molecular weight is 505 g/mol. The molecule has 8 heteroatoms. The average Bonchev–Trinajstić information content (AvgIpc) is 3.17. The lowest BCUT2D eigenvalue weighted by molar-refractivity contribution is 0.0601. The standard InChI is InChI=1S/C27H24N2O4S2/c1-33-26(32)22-17-11-4-2-3-5-14-20(17)35-25(22)29-27(34)28-19-13-8-12-18-21(19)24(31)16-10-7-6-9-15(16)23(18)30/h6-10,12-13H,2-5,11,14H2,1H3,(H2,28,29,34). The van der Waals surface area contributed by atoms with Gasteiger partial charge in [0.1, 0.15) is 5.00 Å². The summed E-state index contributed by atoms with van der Waals surface area (Å²) in [6.45, 7) is 0. The summed E-state index contributed by atoms with van der Waals surface area (Å²) < 4.78 is 5.09. The summed E-state index contributed by atoms with van der Waals surface area (Å²) in [4.78, 5) is 40.2. The molecule has 0 amide bonds. The molecule has 5 rings (SSSR count). The van der Waals surface area contributed by atoms with Gasteiger partial charge >= 0.3 is 5.97 Å². The summed E-state index contributed by atoms with van der Waals surface area (Å²) in [5.74, 6) is -0.804. The fourth-order valence-corrected chi connectivity index (χ4v) is 6.39. The second-order valence-corrected chi connectivity index (χ2v) is 10.1. The second kappa shape index (κ2) is 9.71. The Labute approximate surface area is 212 Å². The molecule has 3 aromatic rings. The van der Waals surface area contributed by atoms with Gasteiger partial charge in [0.15, 0.2) is 16.7 Å². The Bertz CT molecular complexity index is 1380. The van der Waals surface area contributed by atoms with E-state index in [2.05, 4.69) is 10.6 Å². The van der Waals surface area contributed by atoms with Crippen molar-refractivity contribution in [2.45, 2.75) is 38.5 Å². The van der Waals surface area contributed by atoms with Crippen molar-refractivity contribution in [2.75, 3.05) is 17.7 Å². The van der Waals surface area contributed by atoms with Crippen LogP contribution in [0.15, 0.2) is 42.5 Å². The molecular weight excluding hydrogens is 480 g/mol. The molecular formula is C27H24N2O4S2. The summed E-state index contributed by atoms with van der Waals surface area (Å²) >= 11 is 7.11. The number of carbonyl (C=O) groups excluding carboxylic acids is 3. The number of methoxy groups -OCH3 is 1. The van der Waals surface area contributed by atoms with Gasteiger partial charge in [0, 0.05) is 21.6 Å². The number of fused-ring (bicyclic) bond motifs is 3. The predicted octanol–water partition coefficient (Wildman–Crippen LogP) is 5.78. The van der Waals surface area contributed by atoms with Gasteiger partial charge in [-0.25, -0.2) is 4.79 Å². The first-order chi connectivity index (χ1) is 17.0. The summed E-state index contributed by atoms with van der Waals surface area (Å²) in [6, 6.07) is 11.9. The fourth-order valence-electron chi connectivity index (χ4n) is 4.83. The fraction of sp³-hybridized carbons (Fsp3) is 0.259. The van der Waals surface area contributed by atoms with Crippen LogP contribution >= 0.6 is 23.6 Å². The minimum absolute atomic E-state index is 0.191. The number of ketones is 2. The van der Waals surface area contributed by atoms with Crippen LogP contribution in [0.3, 0.4) is 0 Å². The highest BCUT2D eigenvalue weighted by Gasteiger charge is 2.32. The Balaban J connectivity index is 1.46. The number of hydrogen-bond donors (Lipinski definition) is 2. The Morgan fingerprint density at radius 2 is 1.57 bits per heavy atom. The van der Waals surface area contributed by atoms with Crippen molar-refractivity contribution < 1.29 is 19.1 Å². The molecule has 178 valence electrons. The molecule has 2 aromatic carbocycles. The van der Waals surface area contributed by atoms with E-state index in [1.165, 1.54) is 29.7 Å². The summed E-state index contributed by atoms with van der Waals surface area (Å²) in [6.07, 6.45) is 6.21. The van der Waals surface area contributed by atoms with E-state index in [1.54, 1.807) is 42.5 Å². The molecule has 0 aliphatic heterocycles. The van der Waals surface area contributed by atoms with Crippen molar-refractivity contribution in [3.8, 4) is 0 Å². The molecule has 0 radical (unpaired) electrons. The van der Waals surface area contributed by atoms with Crippen molar-refractivity contribution in [2.24, 2.45) is 0 Å². The summed E-state index contributed by atoms with van der Waals surface area (Å²) in [7, 11) is 1.38. The third-order valence-corrected chi connectivity index (χ3v) is 7.90. The van der Waals surface area contributed by atoms with Crippen molar-refractivity contribution in [3.63, 3.8) is 0 Å². The van der Waals surface area contributed by atoms with Crippen molar-refractivity contribution in [3.05, 3.63) is 80.7 Å². The third-order valence-electron chi connectivity index (χ3n) is 6.49. The van der Waals surface area contributed by atoms with E-state index < -0.39 is 0 Å². The highest BCUT2D eigenvalue weighted by Crippen LogP contribution is 2.38. The van der Waals surface area contributed by atoms with E-state index in [9.17, 15) is 14.4 Å². The molecule has 2 aliphatic carbocycles. The topological polar surface area (TPSA) is 84.5 Å². The molecule has 0 atom stereocenters. The molecule has 2 N–H and O–H groups in total. The number of hydrogen-bond acceptors (Lipinski definition) is 6. The molecule has 6 nitrogen and oxygen atoms in total. The number of ether oxygens (including phenoxy) is 1. The van der Waals surface area contributed by atoms with Gasteiger partial charge in [-0.2, -0.15) is 0 Å². The van der Waals surface area contributed by atoms with Gasteiger partial charge < -0.3 is 15.4 Å². The maximum absolute atomic E-state index is 13.3. The van der Waals surface area contributed by atoms with Crippen LogP contribution < -0.4 is 10.6 Å². The highest BCUT2D eigenvalue weighted by molar-refractivity contribution is 7.80. The van der Waals surface area contributed by atoms with Crippen LogP contribution in [0.4, 0.5) is 10.7 Å². The van der Waals surface area contributed by atoms with Gasteiger partial charge in [-0.15, -0.1) is 11.3 Å². The van der Waals surface area contributed by atoms with Gasteiger partial charge in [-0.3, -0.25) is 9.59 Å². The number of esters is 1. The van der Waals surface area contributed by atoms with Gasteiger partial charge in [0.2, 0.25) is 0 Å². The van der Waals surface area contributed by atoms with Crippen molar-refractivity contribution >= 4 is 56.9 Å². The second-order valence-electron chi connectivity index (χ2n) is 8.62. The minimum atomic E-state index is -0.386. The van der Waals surface area contributed by atoms with E-state index in [4.69, 9.17) is 17.0 Å². The van der Waals surface area contributed by atoms with Crippen LogP contribution in [0.1, 0.15) is 78.3 Å². The van der Waals surface area contributed by atoms with Crippen molar-refractivity contribution in [1.29, 1.82) is 0 Å². The number of thiophene rings is 1. The molecule has 0 fully saturated rings. The first kappa shape index (κ1) is 23.4. The Hall–Kier alpha value is -3.36. The van der Waals surface area contributed by atoms with Crippen LogP contribution in [0, 0.1) is 0 Å². The van der Waals surface area contributed by atoms with E-state index in [0.717, 1.165) is 37.7 Å². The van der Waals surface area contributed by atoms with Crippen LogP contribution in [-0.4, -0.2) is 29.8 Å². The number of benzene rings is 2. The maximum atomic E-state index is 13.3. The minimum Gasteiger partial charge on any atom is -0.465 e. The van der Waals surface area contributed by atoms with Gasteiger partial charge in [0.25, 0.3) is 0 Å².